The predicted octanol–water partition coefficient (Wildman–Crippen LogP) is 2.24. The summed E-state index contributed by atoms with van der Waals surface area (Å²) in [5, 5.41) is 6.61. The molecule has 142 valence electrons. The number of ether oxygens (including phenoxy) is 1. The van der Waals surface area contributed by atoms with E-state index < -0.39 is 9.84 Å². The molecule has 0 amide bonds. The Labute approximate surface area is 160 Å². The van der Waals surface area contributed by atoms with Crippen molar-refractivity contribution in [2.45, 2.75) is 36.0 Å². The SMILES string of the molecule is CC1COCCN1c1cc(S(=O)(=O)C2CC2)c2snc(-c3ccn[nH]3)c2n1. The Balaban J connectivity index is 1.74. The van der Waals surface area contributed by atoms with Gasteiger partial charge < -0.3 is 9.64 Å². The van der Waals surface area contributed by atoms with Gasteiger partial charge in [-0.3, -0.25) is 5.10 Å². The Kier molecular flexibility index (Phi) is 3.95. The zero-order valence-corrected chi connectivity index (χ0v) is 16.4. The Hall–Kier alpha value is -2.04. The van der Waals surface area contributed by atoms with E-state index in [0.29, 0.717) is 46.4 Å². The maximum atomic E-state index is 13.1. The minimum absolute atomic E-state index is 0.127. The van der Waals surface area contributed by atoms with Crippen molar-refractivity contribution < 1.29 is 13.2 Å². The summed E-state index contributed by atoms with van der Waals surface area (Å²) >= 11 is 1.18. The third kappa shape index (κ3) is 2.82. The van der Waals surface area contributed by atoms with Crippen molar-refractivity contribution in [2.75, 3.05) is 24.7 Å². The van der Waals surface area contributed by atoms with Gasteiger partial charge >= 0.3 is 0 Å². The third-order valence-corrected chi connectivity index (χ3v) is 8.35. The topological polar surface area (TPSA) is 101 Å². The van der Waals surface area contributed by atoms with Crippen molar-refractivity contribution >= 4 is 37.4 Å². The molecule has 0 spiro atoms. The first-order chi connectivity index (χ1) is 13.1. The van der Waals surface area contributed by atoms with Gasteiger partial charge in [-0.05, 0) is 37.4 Å². The number of aromatic nitrogens is 4. The highest BCUT2D eigenvalue weighted by Gasteiger charge is 2.39. The van der Waals surface area contributed by atoms with Gasteiger partial charge in [0, 0.05) is 18.8 Å². The predicted molar refractivity (Wildman–Crippen MR) is 103 cm³/mol. The average Bonchev–Trinajstić information content (AvgIpc) is 3.23. The van der Waals surface area contributed by atoms with Crippen molar-refractivity contribution in [3.63, 3.8) is 0 Å². The fraction of sp³-hybridized carbons (Fsp3) is 0.471. The molecule has 0 aromatic carbocycles. The number of morpholine rings is 1. The minimum atomic E-state index is -3.38. The molecule has 8 nitrogen and oxygen atoms in total. The highest BCUT2D eigenvalue weighted by molar-refractivity contribution is 7.92. The van der Waals surface area contributed by atoms with Crippen molar-refractivity contribution in [1.29, 1.82) is 0 Å². The molecule has 2 aliphatic rings. The second-order valence-corrected chi connectivity index (χ2v) is 9.99. The van der Waals surface area contributed by atoms with Crippen LogP contribution in [-0.2, 0) is 14.6 Å². The first-order valence-electron chi connectivity index (χ1n) is 8.94. The molecule has 1 aliphatic heterocycles. The standard InChI is InChI=1S/C17H19N5O3S2/c1-10-9-25-7-6-22(10)14-8-13(27(23,24)11-2-3-11)17-16(19-14)15(21-26-17)12-4-5-18-20-12/h4-5,8,10-11H,2-3,6-7,9H2,1H3,(H,18,20). The van der Waals surface area contributed by atoms with Gasteiger partial charge in [-0.25, -0.2) is 13.4 Å². The fourth-order valence-electron chi connectivity index (χ4n) is 3.43. The molecule has 0 radical (unpaired) electrons. The number of anilines is 1. The summed E-state index contributed by atoms with van der Waals surface area (Å²) in [6, 6.07) is 3.67. The number of hydrogen-bond acceptors (Lipinski definition) is 8. The van der Waals surface area contributed by atoms with Crippen LogP contribution < -0.4 is 4.90 Å². The van der Waals surface area contributed by atoms with E-state index >= 15 is 0 Å². The van der Waals surface area contributed by atoms with Crippen molar-refractivity contribution in [3.05, 3.63) is 18.3 Å². The van der Waals surface area contributed by atoms with E-state index in [1.807, 2.05) is 6.07 Å². The summed E-state index contributed by atoms with van der Waals surface area (Å²) < 4.78 is 36.9. The van der Waals surface area contributed by atoms with Gasteiger partial charge in [0.1, 0.15) is 17.0 Å². The lowest BCUT2D eigenvalue weighted by atomic mass is 10.2. The summed E-state index contributed by atoms with van der Waals surface area (Å²) in [7, 11) is -3.38. The molecular weight excluding hydrogens is 386 g/mol. The zero-order chi connectivity index (χ0) is 18.6. The van der Waals surface area contributed by atoms with E-state index in [0.717, 1.165) is 18.5 Å². The van der Waals surface area contributed by atoms with Gasteiger partial charge in [-0.15, -0.1) is 0 Å². The Morgan fingerprint density at radius 2 is 2.22 bits per heavy atom. The molecule has 10 heteroatoms. The number of rotatable bonds is 4. The lowest BCUT2D eigenvalue weighted by Crippen LogP contribution is -2.44. The summed E-state index contributed by atoms with van der Waals surface area (Å²) in [6.07, 6.45) is 3.10. The van der Waals surface area contributed by atoms with Gasteiger partial charge in [0.25, 0.3) is 0 Å². The molecule has 2 fully saturated rings. The second-order valence-electron chi connectivity index (χ2n) is 7.02. The van der Waals surface area contributed by atoms with E-state index in [2.05, 4.69) is 26.4 Å². The van der Waals surface area contributed by atoms with Gasteiger partial charge in [0.15, 0.2) is 9.84 Å². The molecule has 1 saturated carbocycles. The van der Waals surface area contributed by atoms with Crippen LogP contribution in [0.2, 0.25) is 0 Å². The molecule has 5 rings (SSSR count). The third-order valence-electron chi connectivity index (χ3n) is 5.07. The summed E-state index contributed by atoms with van der Waals surface area (Å²) in [4.78, 5) is 7.29. The van der Waals surface area contributed by atoms with Crippen molar-refractivity contribution in [1.82, 2.24) is 19.6 Å². The lowest BCUT2D eigenvalue weighted by Gasteiger charge is -2.34. The zero-order valence-electron chi connectivity index (χ0n) is 14.8. The summed E-state index contributed by atoms with van der Waals surface area (Å²) in [6.45, 7) is 3.94. The van der Waals surface area contributed by atoms with Crippen LogP contribution in [0.15, 0.2) is 23.2 Å². The quantitative estimate of drug-likeness (QED) is 0.710. The first kappa shape index (κ1) is 17.1. The van der Waals surface area contributed by atoms with E-state index in [9.17, 15) is 8.42 Å². The number of nitrogens with one attached hydrogen (secondary N) is 1. The number of nitrogens with zero attached hydrogens (tertiary/aromatic N) is 4. The molecule has 1 N–H and O–H groups in total. The van der Waals surface area contributed by atoms with Crippen LogP contribution in [0.4, 0.5) is 5.82 Å². The Morgan fingerprint density at radius 1 is 1.37 bits per heavy atom. The van der Waals surface area contributed by atoms with Gasteiger partial charge in [0.2, 0.25) is 0 Å². The lowest BCUT2D eigenvalue weighted by molar-refractivity contribution is 0.0985. The smallest absolute Gasteiger partial charge is 0.182 e. The molecule has 27 heavy (non-hydrogen) atoms. The number of sulfone groups is 1. The van der Waals surface area contributed by atoms with Crippen LogP contribution in [0.5, 0.6) is 0 Å². The molecule has 1 atom stereocenters. The van der Waals surface area contributed by atoms with Crippen LogP contribution in [0.25, 0.3) is 21.6 Å². The van der Waals surface area contributed by atoms with E-state index in [4.69, 9.17) is 9.72 Å². The minimum Gasteiger partial charge on any atom is -0.377 e. The van der Waals surface area contributed by atoms with Gasteiger partial charge in [-0.2, -0.15) is 9.47 Å². The largest absolute Gasteiger partial charge is 0.377 e. The summed E-state index contributed by atoms with van der Waals surface area (Å²) in [5.74, 6) is 0.665. The highest BCUT2D eigenvalue weighted by Crippen LogP contribution is 2.41. The number of hydrogen-bond donors (Lipinski definition) is 1. The van der Waals surface area contributed by atoms with Crippen LogP contribution in [0.1, 0.15) is 19.8 Å². The van der Waals surface area contributed by atoms with Crippen LogP contribution in [0.3, 0.4) is 0 Å². The van der Waals surface area contributed by atoms with Crippen molar-refractivity contribution in [2.24, 2.45) is 0 Å². The molecule has 1 aliphatic carbocycles. The van der Waals surface area contributed by atoms with E-state index in [1.165, 1.54) is 11.5 Å². The molecule has 3 aromatic rings. The van der Waals surface area contributed by atoms with E-state index in [-0.39, 0.29) is 11.3 Å². The molecular formula is C17H19N5O3S2. The number of fused-ring (bicyclic) bond motifs is 1. The number of H-pyrrole nitrogens is 1. The molecule has 3 aromatic heterocycles. The molecule has 4 heterocycles. The number of aromatic amines is 1. The van der Waals surface area contributed by atoms with Crippen LogP contribution >= 0.6 is 11.5 Å². The maximum Gasteiger partial charge on any atom is 0.182 e. The van der Waals surface area contributed by atoms with Gasteiger partial charge in [0.05, 0.1) is 39.8 Å². The second kappa shape index (κ2) is 6.25. The fourth-order valence-corrected chi connectivity index (χ4v) is 6.37. The van der Waals surface area contributed by atoms with Crippen molar-refractivity contribution in [3.8, 4) is 11.4 Å². The molecule has 0 bridgehead atoms. The summed E-state index contributed by atoms with van der Waals surface area (Å²) in [5.41, 5.74) is 1.98. The number of pyridine rings is 1. The first-order valence-corrected chi connectivity index (χ1v) is 11.3. The molecule has 1 unspecified atom stereocenters. The van der Waals surface area contributed by atoms with Crippen LogP contribution in [0, 0.1) is 0 Å². The average molecular weight is 406 g/mol. The highest BCUT2D eigenvalue weighted by atomic mass is 32.2. The monoisotopic (exact) mass is 405 g/mol. The van der Waals surface area contributed by atoms with Crippen LogP contribution in [-0.4, -0.2) is 59.0 Å². The van der Waals surface area contributed by atoms with Gasteiger partial charge in [-0.1, -0.05) is 0 Å². The maximum absolute atomic E-state index is 13.1. The Morgan fingerprint density at radius 3 is 2.93 bits per heavy atom. The Bertz CT molecular complexity index is 1090. The van der Waals surface area contributed by atoms with E-state index in [1.54, 1.807) is 12.3 Å². The molecule has 1 saturated heterocycles. The normalized spacial score (nSPS) is 21.1.